The average Bonchev–Trinajstić information content (AvgIpc) is 1.90. The fourth-order valence-corrected chi connectivity index (χ4v) is 0.443. The lowest BCUT2D eigenvalue weighted by atomic mass is 10.3. The van der Waals surface area contributed by atoms with Gasteiger partial charge in [0, 0.05) is 12.1 Å². The van der Waals surface area contributed by atoms with Gasteiger partial charge in [0.15, 0.2) is 0 Å². The van der Waals surface area contributed by atoms with Crippen molar-refractivity contribution in [3.05, 3.63) is 29.9 Å². The predicted molar refractivity (Wildman–Crippen MR) is 30.9 cm³/mol. The Morgan fingerprint density at radius 2 is 2.62 bits per heavy atom. The molecule has 1 aliphatic heterocycles. The Morgan fingerprint density at radius 1 is 1.75 bits per heavy atom. The molecule has 0 unspecified atom stereocenters. The summed E-state index contributed by atoms with van der Waals surface area (Å²) in [5.41, 5.74) is 9.00. The molecule has 0 saturated carbocycles. The summed E-state index contributed by atoms with van der Waals surface area (Å²) in [6.07, 6.45) is 4.89. The lowest BCUT2D eigenvalue weighted by Gasteiger charge is -1.97. The first-order valence-corrected chi connectivity index (χ1v) is 2.39. The Hall–Kier alpha value is -0.980. The summed E-state index contributed by atoms with van der Waals surface area (Å²) >= 11 is 0. The summed E-state index contributed by atoms with van der Waals surface area (Å²) < 4.78 is 4.76. The van der Waals surface area contributed by atoms with E-state index in [1.54, 1.807) is 12.3 Å². The van der Waals surface area contributed by atoms with Gasteiger partial charge in [0.1, 0.15) is 6.26 Å². The maximum Gasteiger partial charge on any atom is 0.132 e. The molecule has 0 amide bonds. The molecule has 0 aromatic heterocycles. The van der Waals surface area contributed by atoms with Crippen LogP contribution in [0.5, 0.6) is 0 Å². The van der Waals surface area contributed by atoms with E-state index in [1.807, 2.05) is 0 Å². The first kappa shape index (κ1) is 5.16. The first-order valence-electron chi connectivity index (χ1n) is 2.39. The molecule has 0 aromatic rings. The highest BCUT2D eigenvalue weighted by molar-refractivity contribution is 5.19. The van der Waals surface area contributed by atoms with E-state index in [9.17, 15) is 0 Å². The second-order valence-corrected chi connectivity index (χ2v) is 1.46. The highest BCUT2D eigenvalue weighted by Crippen LogP contribution is 1.97. The van der Waals surface area contributed by atoms with E-state index in [0.29, 0.717) is 6.54 Å². The number of rotatable bonds is 1. The molecule has 0 spiro atoms. The molecule has 2 nitrogen and oxygen atoms in total. The molecule has 0 fully saturated rings. The molecule has 1 aliphatic rings. The molecule has 0 saturated heterocycles. The SMILES string of the molecule is NCC1=COC=C=C1. The van der Waals surface area contributed by atoms with E-state index in [4.69, 9.17) is 10.5 Å². The number of hydrogen-bond acceptors (Lipinski definition) is 2. The van der Waals surface area contributed by atoms with Gasteiger partial charge in [-0.05, 0) is 6.08 Å². The van der Waals surface area contributed by atoms with Crippen LogP contribution in [0.2, 0.25) is 0 Å². The van der Waals surface area contributed by atoms with Crippen molar-refractivity contribution in [2.45, 2.75) is 0 Å². The Kier molecular flexibility index (Phi) is 1.52. The van der Waals surface area contributed by atoms with Gasteiger partial charge in [-0.15, -0.1) is 0 Å². The van der Waals surface area contributed by atoms with Crippen molar-refractivity contribution in [1.82, 2.24) is 0 Å². The van der Waals surface area contributed by atoms with Crippen molar-refractivity contribution in [1.29, 1.82) is 0 Å². The summed E-state index contributed by atoms with van der Waals surface area (Å²) in [6, 6.07) is 0. The van der Waals surface area contributed by atoms with E-state index >= 15 is 0 Å². The van der Waals surface area contributed by atoms with Crippen LogP contribution in [0.3, 0.4) is 0 Å². The van der Waals surface area contributed by atoms with Crippen LogP contribution in [0.25, 0.3) is 0 Å². The monoisotopic (exact) mass is 109 g/mol. The molecule has 2 N–H and O–H groups in total. The van der Waals surface area contributed by atoms with Gasteiger partial charge in [-0.2, -0.15) is 0 Å². The molecular formula is C6H7NO. The van der Waals surface area contributed by atoms with Crippen LogP contribution in [0.15, 0.2) is 29.9 Å². The van der Waals surface area contributed by atoms with Gasteiger partial charge in [0.25, 0.3) is 0 Å². The molecule has 8 heavy (non-hydrogen) atoms. The Bertz CT molecular complexity index is 163. The minimum atomic E-state index is 0.515. The molecule has 2 heteroatoms. The third-order valence-corrected chi connectivity index (χ3v) is 0.860. The number of nitrogens with two attached hydrogens (primary N) is 1. The predicted octanol–water partition coefficient (Wildman–Crippen LogP) is 0.528. The van der Waals surface area contributed by atoms with Crippen LogP contribution in [0, 0.1) is 0 Å². The molecule has 0 bridgehead atoms. The quantitative estimate of drug-likeness (QED) is 0.498. The zero-order chi connectivity index (χ0) is 5.82. The van der Waals surface area contributed by atoms with E-state index < -0.39 is 0 Å². The van der Waals surface area contributed by atoms with Gasteiger partial charge in [-0.25, -0.2) is 0 Å². The van der Waals surface area contributed by atoms with E-state index in [1.165, 1.54) is 6.26 Å². The molecule has 0 radical (unpaired) electrons. The minimum Gasteiger partial charge on any atom is -0.464 e. The fraction of sp³-hybridized carbons (Fsp3) is 0.167. The molecule has 0 aliphatic carbocycles. The molecule has 1 heterocycles. The van der Waals surface area contributed by atoms with Crippen molar-refractivity contribution < 1.29 is 4.74 Å². The van der Waals surface area contributed by atoms with Crippen LogP contribution in [0.1, 0.15) is 0 Å². The summed E-state index contributed by atoms with van der Waals surface area (Å²) in [5, 5.41) is 0. The summed E-state index contributed by atoms with van der Waals surface area (Å²) in [4.78, 5) is 0. The number of ether oxygens (including phenoxy) is 1. The Morgan fingerprint density at radius 3 is 3.00 bits per heavy atom. The molecule has 42 valence electrons. The maximum atomic E-state index is 5.27. The van der Waals surface area contributed by atoms with Crippen LogP contribution < -0.4 is 5.73 Å². The highest BCUT2D eigenvalue weighted by atomic mass is 16.5. The van der Waals surface area contributed by atoms with E-state index in [2.05, 4.69) is 5.73 Å². The zero-order valence-corrected chi connectivity index (χ0v) is 4.42. The summed E-state index contributed by atoms with van der Waals surface area (Å²) in [6.45, 7) is 0.515. The second-order valence-electron chi connectivity index (χ2n) is 1.46. The topological polar surface area (TPSA) is 35.2 Å². The normalized spacial score (nSPS) is 15.4. The lowest BCUT2D eigenvalue weighted by Crippen LogP contribution is -2.01. The second kappa shape index (κ2) is 2.36. The Labute approximate surface area is 47.9 Å². The molecular weight excluding hydrogens is 102 g/mol. The third kappa shape index (κ3) is 0.997. The van der Waals surface area contributed by atoms with E-state index in [0.717, 1.165) is 5.57 Å². The van der Waals surface area contributed by atoms with Gasteiger partial charge < -0.3 is 10.5 Å². The van der Waals surface area contributed by atoms with Crippen molar-refractivity contribution >= 4 is 0 Å². The average molecular weight is 109 g/mol. The fourth-order valence-electron chi connectivity index (χ4n) is 0.443. The first-order chi connectivity index (χ1) is 3.93. The molecule has 0 atom stereocenters. The molecule has 1 rings (SSSR count). The highest BCUT2D eigenvalue weighted by Gasteiger charge is 1.88. The maximum absolute atomic E-state index is 5.27. The van der Waals surface area contributed by atoms with Gasteiger partial charge in [-0.3, -0.25) is 0 Å². The zero-order valence-electron chi connectivity index (χ0n) is 4.42. The smallest absolute Gasteiger partial charge is 0.132 e. The van der Waals surface area contributed by atoms with Crippen molar-refractivity contribution in [2.24, 2.45) is 5.73 Å². The van der Waals surface area contributed by atoms with Gasteiger partial charge in [0.2, 0.25) is 0 Å². The van der Waals surface area contributed by atoms with Crippen molar-refractivity contribution in [2.75, 3.05) is 6.54 Å². The third-order valence-electron chi connectivity index (χ3n) is 0.860. The van der Waals surface area contributed by atoms with Crippen LogP contribution in [0.4, 0.5) is 0 Å². The van der Waals surface area contributed by atoms with Gasteiger partial charge in [0.05, 0.1) is 6.26 Å². The van der Waals surface area contributed by atoms with E-state index in [-0.39, 0.29) is 0 Å². The van der Waals surface area contributed by atoms with Crippen LogP contribution in [-0.4, -0.2) is 6.54 Å². The van der Waals surface area contributed by atoms with Crippen molar-refractivity contribution in [3.63, 3.8) is 0 Å². The summed E-state index contributed by atoms with van der Waals surface area (Å²) in [5.74, 6) is 0. The van der Waals surface area contributed by atoms with Gasteiger partial charge >= 0.3 is 0 Å². The van der Waals surface area contributed by atoms with Crippen LogP contribution in [-0.2, 0) is 4.74 Å². The summed E-state index contributed by atoms with van der Waals surface area (Å²) in [7, 11) is 0. The van der Waals surface area contributed by atoms with Crippen molar-refractivity contribution in [3.8, 4) is 0 Å². The Balaban J connectivity index is 2.68. The largest absolute Gasteiger partial charge is 0.464 e. The lowest BCUT2D eigenvalue weighted by molar-refractivity contribution is 0.396. The number of hydrogen-bond donors (Lipinski definition) is 1. The minimum absolute atomic E-state index is 0.515. The molecule has 0 aromatic carbocycles. The van der Waals surface area contributed by atoms with Crippen LogP contribution >= 0.6 is 0 Å². The van der Waals surface area contributed by atoms with Gasteiger partial charge in [-0.1, -0.05) is 5.73 Å². The standard InChI is InChI=1S/C6H7NO/c7-4-6-2-1-3-8-5-6/h2-3,5H,4,7H2.